The van der Waals surface area contributed by atoms with Gasteiger partial charge in [-0.15, -0.1) is 11.6 Å². The number of fused-ring (bicyclic) bond motifs is 1. The molecule has 2 heterocycles. The molecule has 20 heavy (non-hydrogen) atoms. The number of aryl methyl sites for hydroxylation is 1. The number of rotatable bonds is 3. The second-order valence-electron chi connectivity index (χ2n) is 6.01. The average Bonchev–Trinajstić information content (AvgIpc) is 2.78. The quantitative estimate of drug-likeness (QED) is 0.808. The summed E-state index contributed by atoms with van der Waals surface area (Å²) in [6.45, 7) is 5.56. The molecule has 0 atom stereocenters. The first-order valence-electron chi connectivity index (χ1n) is 7.37. The van der Waals surface area contributed by atoms with E-state index in [1.807, 2.05) is 0 Å². The van der Waals surface area contributed by atoms with Crippen molar-refractivity contribution in [1.29, 1.82) is 0 Å². The van der Waals surface area contributed by atoms with Crippen molar-refractivity contribution >= 4 is 22.6 Å². The largest absolute Gasteiger partial charge is 0.327 e. The zero-order chi connectivity index (χ0) is 14.1. The highest BCUT2D eigenvalue weighted by Gasteiger charge is 2.19. The molecule has 2 aromatic rings. The maximum Gasteiger partial charge on any atom is 0.124 e. The third-order valence-corrected chi connectivity index (χ3v) is 4.62. The summed E-state index contributed by atoms with van der Waals surface area (Å²) >= 11 is 6.09. The van der Waals surface area contributed by atoms with E-state index in [4.69, 9.17) is 16.6 Å². The molecular weight excluding hydrogens is 270 g/mol. The summed E-state index contributed by atoms with van der Waals surface area (Å²) in [7, 11) is 2.20. The van der Waals surface area contributed by atoms with E-state index in [0.717, 1.165) is 23.8 Å². The van der Waals surface area contributed by atoms with Crippen molar-refractivity contribution in [2.24, 2.45) is 5.92 Å². The van der Waals surface area contributed by atoms with Crippen LogP contribution in [0, 0.1) is 12.8 Å². The van der Waals surface area contributed by atoms with Gasteiger partial charge in [-0.25, -0.2) is 4.98 Å². The van der Waals surface area contributed by atoms with Crippen molar-refractivity contribution in [3.05, 3.63) is 29.6 Å². The Balaban J connectivity index is 1.89. The first-order chi connectivity index (χ1) is 9.67. The number of halogens is 1. The van der Waals surface area contributed by atoms with Crippen molar-refractivity contribution in [3.63, 3.8) is 0 Å². The van der Waals surface area contributed by atoms with Gasteiger partial charge in [0.05, 0.1) is 16.9 Å². The van der Waals surface area contributed by atoms with Gasteiger partial charge in [0.15, 0.2) is 0 Å². The van der Waals surface area contributed by atoms with E-state index in [9.17, 15) is 0 Å². The van der Waals surface area contributed by atoms with Crippen LogP contribution in [0.1, 0.15) is 24.2 Å². The summed E-state index contributed by atoms with van der Waals surface area (Å²) in [4.78, 5) is 7.10. The number of nitrogens with zero attached hydrogens (tertiary/aromatic N) is 3. The van der Waals surface area contributed by atoms with E-state index < -0.39 is 0 Å². The van der Waals surface area contributed by atoms with Gasteiger partial charge in [-0.1, -0.05) is 6.07 Å². The number of benzene rings is 1. The Morgan fingerprint density at radius 3 is 2.75 bits per heavy atom. The molecule has 1 aliphatic heterocycles. The number of likely N-dealkylation sites (tertiary alicyclic amines) is 1. The molecular formula is C16H22ClN3. The fraction of sp³-hybridized carbons (Fsp3) is 0.562. The molecule has 0 unspecified atom stereocenters. The van der Waals surface area contributed by atoms with E-state index in [-0.39, 0.29) is 0 Å². The van der Waals surface area contributed by atoms with Crippen molar-refractivity contribution in [3.8, 4) is 0 Å². The smallest absolute Gasteiger partial charge is 0.124 e. The molecule has 1 aromatic carbocycles. The van der Waals surface area contributed by atoms with E-state index in [0.29, 0.717) is 5.88 Å². The molecule has 0 radical (unpaired) electrons. The Morgan fingerprint density at radius 1 is 1.30 bits per heavy atom. The molecule has 0 amide bonds. The highest BCUT2D eigenvalue weighted by atomic mass is 35.5. The predicted molar refractivity (Wildman–Crippen MR) is 84.2 cm³/mol. The van der Waals surface area contributed by atoms with Crippen molar-refractivity contribution in [2.75, 3.05) is 20.1 Å². The number of hydrogen-bond donors (Lipinski definition) is 0. The van der Waals surface area contributed by atoms with Crippen molar-refractivity contribution in [2.45, 2.75) is 32.2 Å². The van der Waals surface area contributed by atoms with Gasteiger partial charge < -0.3 is 9.47 Å². The van der Waals surface area contributed by atoms with E-state index in [1.54, 1.807) is 0 Å². The first kappa shape index (κ1) is 13.9. The summed E-state index contributed by atoms with van der Waals surface area (Å²) in [6, 6.07) is 6.49. The number of piperidine rings is 1. The molecule has 108 valence electrons. The second kappa shape index (κ2) is 5.74. The SMILES string of the molecule is Cc1ccc2c(c1)nc(CCl)n2CC1CCN(C)CC1. The lowest BCUT2D eigenvalue weighted by molar-refractivity contribution is 0.205. The fourth-order valence-corrected chi connectivity index (χ4v) is 3.30. The lowest BCUT2D eigenvalue weighted by Crippen LogP contribution is -2.32. The minimum atomic E-state index is 0.486. The molecule has 3 nitrogen and oxygen atoms in total. The zero-order valence-electron chi connectivity index (χ0n) is 12.3. The second-order valence-corrected chi connectivity index (χ2v) is 6.28. The van der Waals surface area contributed by atoms with Crippen LogP contribution < -0.4 is 0 Å². The average molecular weight is 292 g/mol. The Bertz CT molecular complexity index is 597. The van der Waals surface area contributed by atoms with Crippen LogP contribution in [-0.4, -0.2) is 34.6 Å². The molecule has 0 bridgehead atoms. The van der Waals surface area contributed by atoms with Gasteiger partial charge in [-0.3, -0.25) is 0 Å². The molecule has 1 saturated heterocycles. The van der Waals surface area contributed by atoms with Crippen LogP contribution >= 0.6 is 11.6 Å². The molecule has 4 heteroatoms. The number of imidazole rings is 1. The van der Waals surface area contributed by atoms with Crippen molar-refractivity contribution < 1.29 is 0 Å². The van der Waals surface area contributed by atoms with Gasteiger partial charge in [0.2, 0.25) is 0 Å². The van der Waals surface area contributed by atoms with Gasteiger partial charge in [-0.2, -0.15) is 0 Å². The summed E-state index contributed by atoms with van der Waals surface area (Å²) in [5, 5.41) is 0. The van der Waals surface area contributed by atoms with Crippen LogP contribution in [0.2, 0.25) is 0 Å². The summed E-state index contributed by atoms with van der Waals surface area (Å²) in [6.07, 6.45) is 2.54. The molecule has 0 spiro atoms. The first-order valence-corrected chi connectivity index (χ1v) is 7.91. The lowest BCUT2D eigenvalue weighted by atomic mass is 9.97. The standard InChI is InChI=1S/C16H22ClN3/c1-12-3-4-15-14(9-12)18-16(10-17)20(15)11-13-5-7-19(2)8-6-13/h3-4,9,13H,5-8,10-11H2,1-2H3. The molecule has 1 aromatic heterocycles. The minimum Gasteiger partial charge on any atom is -0.327 e. The predicted octanol–water partition coefficient (Wildman–Crippen LogP) is 3.43. The molecule has 1 fully saturated rings. The molecule has 0 saturated carbocycles. The van der Waals surface area contributed by atoms with E-state index >= 15 is 0 Å². The van der Waals surface area contributed by atoms with Crippen LogP contribution in [0.5, 0.6) is 0 Å². The van der Waals surface area contributed by atoms with Crippen LogP contribution in [0.25, 0.3) is 11.0 Å². The fourth-order valence-electron chi connectivity index (χ4n) is 3.10. The highest BCUT2D eigenvalue weighted by Crippen LogP contribution is 2.24. The van der Waals surface area contributed by atoms with Gasteiger partial charge in [0, 0.05) is 6.54 Å². The van der Waals surface area contributed by atoms with Crippen LogP contribution in [-0.2, 0) is 12.4 Å². The monoisotopic (exact) mass is 291 g/mol. The number of aromatic nitrogens is 2. The molecule has 0 N–H and O–H groups in total. The molecule has 3 rings (SSSR count). The van der Waals surface area contributed by atoms with Gasteiger partial charge in [-0.05, 0) is 63.5 Å². The topological polar surface area (TPSA) is 21.1 Å². The number of hydrogen-bond acceptors (Lipinski definition) is 2. The van der Waals surface area contributed by atoms with Crippen LogP contribution in [0.4, 0.5) is 0 Å². The summed E-state index contributed by atoms with van der Waals surface area (Å²) < 4.78 is 2.33. The van der Waals surface area contributed by atoms with Gasteiger partial charge >= 0.3 is 0 Å². The van der Waals surface area contributed by atoms with Gasteiger partial charge in [0.25, 0.3) is 0 Å². The zero-order valence-corrected chi connectivity index (χ0v) is 13.0. The van der Waals surface area contributed by atoms with Crippen molar-refractivity contribution in [1.82, 2.24) is 14.5 Å². The Hall–Kier alpha value is -1.06. The Kier molecular flexibility index (Phi) is 3.99. The van der Waals surface area contributed by atoms with E-state index in [1.165, 1.54) is 37.0 Å². The Morgan fingerprint density at radius 2 is 2.05 bits per heavy atom. The molecule has 0 aliphatic carbocycles. The molecule has 1 aliphatic rings. The highest BCUT2D eigenvalue weighted by molar-refractivity contribution is 6.16. The van der Waals surface area contributed by atoms with Crippen LogP contribution in [0.3, 0.4) is 0 Å². The lowest BCUT2D eigenvalue weighted by Gasteiger charge is -2.29. The third-order valence-electron chi connectivity index (χ3n) is 4.38. The maximum atomic E-state index is 6.09. The van der Waals surface area contributed by atoms with E-state index in [2.05, 4.69) is 41.6 Å². The normalized spacial score (nSPS) is 17.9. The van der Waals surface area contributed by atoms with Crippen LogP contribution in [0.15, 0.2) is 18.2 Å². The maximum absolute atomic E-state index is 6.09. The minimum absolute atomic E-state index is 0.486. The number of alkyl halides is 1. The summed E-state index contributed by atoms with van der Waals surface area (Å²) in [5.41, 5.74) is 3.56. The third kappa shape index (κ3) is 2.70. The van der Waals surface area contributed by atoms with Gasteiger partial charge in [0.1, 0.15) is 5.82 Å². The Labute approximate surface area is 125 Å². The summed E-state index contributed by atoms with van der Waals surface area (Å²) in [5.74, 6) is 2.23.